The van der Waals surface area contributed by atoms with E-state index >= 15 is 0 Å². The highest BCUT2D eigenvalue weighted by atomic mass is 16.5. The van der Waals surface area contributed by atoms with Crippen LogP contribution in [-0.2, 0) is 4.79 Å². The van der Waals surface area contributed by atoms with Crippen LogP contribution < -0.4 is 10.1 Å². The number of hydrogen-bond acceptors (Lipinski definition) is 4. The molecule has 0 spiro atoms. The highest BCUT2D eigenvalue weighted by molar-refractivity contribution is 5.91. The minimum atomic E-state index is -0.862. The maximum atomic E-state index is 12.5. The molecular weight excluding hydrogens is 298 g/mol. The predicted octanol–water partition coefficient (Wildman–Crippen LogP) is 2.44. The van der Waals surface area contributed by atoms with Crippen molar-refractivity contribution in [3.8, 4) is 5.88 Å². The number of carbonyl (C=O) groups excluding carboxylic acids is 1. The van der Waals surface area contributed by atoms with Gasteiger partial charge in [-0.1, -0.05) is 6.92 Å². The summed E-state index contributed by atoms with van der Waals surface area (Å²) in [4.78, 5) is 29.3. The van der Waals surface area contributed by atoms with Gasteiger partial charge in [0.15, 0.2) is 0 Å². The van der Waals surface area contributed by atoms with Crippen LogP contribution in [0, 0.1) is 11.8 Å². The number of nitrogens with zero attached hydrogens (tertiary/aromatic N) is 2. The molecule has 0 aromatic carbocycles. The lowest BCUT2D eigenvalue weighted by atomic mass is 9.91. The number of likely N-dealkylation sites (tertiary alicyclic amines) is 1. The Morgan fingerprint density at radius 1 is 1.43 bits per heavy atom. The number of rotatable bonds is 4. The molecule has 2 rings (SSSR count). The second kappa shape index (κ2) is 7.30. The van der Waals surface area contributed by atoms with Crippen molar-refractivity contribution in [3.63, 3.8) is 0 Å². The smallest absolute Gasteiger partial charge is 0.322 e. The fourth-order valence-corrected chi connectivity index (χ4v) is 2.69. The first-order valence-electron chi connectivity index (χ1n) is 7.77. The van der Waals surface area contributed by atoms with Gasteiger partial charge in [-0.2, -0.15) is 0 Å². The van der Waals surface area contributed by atoms with Crippen molar-refractivity contribution in [1.29, 1.82) is 0 Å². The molecule has 0 radical (unpaired) electrons. The molecule has 1 aromatic rings. The molecule has 2 amide bonds. The fourth-order valence-electron chi connectivity index (χ4n) is 2.69. The highest BCUT2D eigenvalue weighted by Crippen LogP contribution is 2.25. The summed E-state index contributed by atoms with van der Waals surface area (Å²) in [5, 5.41) is 12.0. The number of anilines is 1. The van der Waals surface area contributed by atoms with E-state index in [0.29, 0.717) is 24.5 Å². The Hall–Kier alpha value is -2.31. The summed E-state index contributed by atoms with van der Waals surface area (Å²) in [6, 6.07) is 3.09. The molecule has 126 valence electrons. The Balaban J connectivity index is 2.08. The summed E-state index contributed by atoms with van der Waals surface area (Å²) in [5.74, 6) is -0.879. The van der Waals surface area contributed by atoms with Gasteiger partial charge in [-0.15, -0.1) is 0 Å². The zero-order valence-electron chi connectivity index (χ0n) is 13.7. The average Bonchev–Trinajstić information content (AvgIpc) is 2.48. The van der Waals surface area contributed by atoms with Gasteiger partial charge in [-0.25, -0.2) is 9.78 Å². The molecule has 7 nitrogen and oxygen atoms in total. The second-order valence-electron chi connectivity index (χ2n) is 6.23. The Kier molecular flexibility index (Phi) is 5.41. The summed E-state index contributed by atoms with van der Waals surface area (Å²) in [7, 11) is 0. The molecule has 0 aliphatic carbocycles. The third kappa shape index (κ3) is 4.58. The van der Waals surface area contributed by atoms with Gasteiger partial charge < -0.3 is 20.1 Å². The summed E-state index contributed by atoms with van der Waals surface area (Å²) >= 11 is 0. The van der Waals surface area contributed by atoms with Crippen molar-refractivity contribution >= 4 is 17.7 Å². The molecule has 2 heterocycles. The van der Waals surface area contributed by atoms with Gasteiger partial charge in [-0.05, 0) is 38.3 Å². The molecule has 7 heteroatoms. The average molecular weight is 321 g/mol. The number of nitrogens with one attached hydrogen (secondary N) is 1. The summed E-state index contributed by atoms with van der Waals surface area (Å²) in [6.07, 6.45) is 2.12. The Labute approximate surface area is 135 Å². The van der Waals surface area contributed by atoms with Gasteiger partial charge in [0, 0.05) is 19.3 Å². The molecule has 1 aliphatic rings. The van der Waals surface area contributed by atoms with E-state index in [1.165, 1.54) is 0 Å². The maximum Gasteiger partial charge on any atom is 0.322 e. The lowest BCUT2D eigenvalue weighted by Gasteiger charge is -2.34. The van der Waals surface area contributed by atoms with Crippen molar-refractivity contribution in [2.24, 2.45) is 11.8 Å². The number of piperidine rings is 1. The van der Waals surface area contributed by atoms with Gasteiger partial charge in [0.1, 0.15) is 5.69 Å². The normalized spacial score (nSPS) is 21.1. The van der Waals surface area contributed by atoms with Crippen LogP contribution in [0.4, 0.5) is 10.5 Å². The number of aliphatic carboxylic acids is 1. The highest BCUT2D eigenvalue weighted by Gasteiger charge is 2.32. The molecule has 1 saturated heterocycles. The number of aromatic nitrogens is 1. The summed E-state index contributed by atoms with van der Waals surface area (Å²) in [5.41, 5.74) is 0.483. The van der Waals surface area contributed by atoms with Gasteiger partial charge in [0.25, 0.3) is 0 Å². The lowest BCUT2D eigenvalue weighted by Crippen LogP contribution is -2.47. The number of carboxylic acids is 1. The van der Waals surface area contributed by atoms with Crippen LogP contribution in [0.1, 0.15) is 27.2 Å². The maximum absolute atomic E-state index is 12.5. The topological polar surface area (TPSA) is 91.8 Å². The SMILES string of the molecule is CC1CC(C(=O)O)CN(C(=O)Nc2cccnc2OC(C)C)C1. The predicted molar refractivity (Wildman–Crippen MR) is 85.5 cm³/mol. The Bertz CT molecular complexity index is 576. The zero-order chi connectivity index (χ0) is 17.0. The lowest BCUT2D eigenvalue weighted by molar-refractivity contribution is -0.143. The van der Waals surface area contributed by atoms with Crippen LogP contribution in [0.5, 0.6) is 5.88 Å². The summed E-state index contributed by atoms with van der Waals surface area (Å²) in [6.45, 7) is 6.46. The number of hydrogen-bond donors (Lipinski definition) is 2. The number of carboxylic acid groups (broad SMARTS) is 1. The van der Waals surface area contributed by atoms with Crippen molar-refractivity contribution in [2.75, 3.05) is 18.4 Å². The van der Waals surface area contributed by atoms with Crippen LogP contribution in [0.3, 0.4) is 0 Å². The first-order valence-corrected chi connectivity index (χ1v) is 7.77. The van der Waals surface area contributed by atoms with Gasteiger partial charge >= 0.3 is 12.0 Å². The minimum Gasteiger partial charge on any atom is -0.481 e. The van der Waals surface area contributed by atoms with Crippen LogP contribution in [0.2, 0.25) is 0 Å². The van der Waals surface area contributed by atoms with E-state index < -0.39 is 11.9 Å². The van der Waals surface area contributed by atoms with E-state index in [1.807, 2.05) is 20.8 Å². The molecule has 0 bridgehead atoms. The molecule has 1 aliphatic heterocycles. The van der Waals surface area contributed by atoms with Crippen LogP contribution >= 0.6 is 0 Å². The first-order chi connectivity index (χ1) is 10.9. The van der Waals surface area contributed by atoms with E-state index in [0.717, 1.165) is 0 Å². The van der Waals surface area contributed by atoms with Gasteiger partial charge in [-0.3, -0.25) is 4.79 Å². The fraction of sp³-hybridized carbons (Fsp3) is 0.562. The third-order valence-corrected chi connectivity index (χ3v) is 3.66. The number of carbonyl (C=O) groups is 2. The second-order valence-corrected chi connectivity index (χ2v) is 6.23. The van der Waals surface area contributed by atoms with Gasteiger partial charge in [0.05, 0.1) is 12.0 Å². The number of pyridine rings is 1. The number of amides is 2. The van der Waals surface area contributed by atoms with Crippen LogP contribution in [0.15, 0.2) is 18.3 Å². The quantitative estimate of drug-likeness (QED) is 0.888. The van der Waals surface area contributed by atoms with E-state index in [-0.39, 0.29) is 24.6 Å². The van der Waals surface area contributed by atoms with E-state index in [1.54, 1.807) is 23.2 Å². The molecule has 1 fully saturated rings. The van der Waals surface area contributed by atoms with Gasteiger partial charge in [0.2, 0.25) is 5.88 Å². The van der Waals surface area contributed by atoms with Crippen molar-refractivity contribution < 1.29 is 19.4 Å². The number of ether oxygens (including phenoxy) is 1. The molecule has 2 atom stereocenters. The molecule has 23 heavy (non-hydrogen) atoms. The van der Waals surface area contributed by atoms with Crippen LogP contribution in [-0.4, -0.2) is 46.2 Å². The van der Waals surface area contributed by atoms with E-state index in [9.17, 15) is 14.7 Å². The largest absolute Gasteiger partial charge is 0.481 e. The van der Waals surface area contributed by atoms with E-state index in [4.69, 9.17) is 4.74 Å². The monoisotopic (exact) mass is 321 g/mol. The minimum absolute atomic E-state index is 0.0630. The van der Waals surface area contributed by atoms with Crippen LogP contribution in [0.25, 0.3) is 0 Å². The standard InChI is InChI=1S/C16H23N3O4/c1-10(2)23-14-13(5-4-6-17-14)18-16(22)19-8-11(3)7-12(9-19)15(20)21/h4-6,10-12H,7-9H2,1-3H3,(H,18,22)(H,20,21). The zero-order valence-corrected chi connectivity index (χ0v) is 13.7. The Morgan fingerprint density at radius 2 is 2.17 bits per heavy atom. The molecule has 1 aromatic heterocycles. The van der Waals surface area contributed by atoms with E-state index in [2.05, 4.69) is 10.3 Å². The Morgan fingerprint density at radius 3 is 2.83 bits per heavy atom. The molecule has 2 N–H and O–H groups in total. The molecule has 0 saturated carbocycles. The van der Waals surface area contributed by atoms with Crippen molar-refractivity contribution in [1.82, 2.24) is 9.88 Å². The van der Waals surface area contributed by atoms with Crippen molar-refractivity contribution in [2.45, 2.75) is 33.3 Å². The molecular formula is C16H23N3O4. The summed E-state index contributed by atoms with van der Waals surface area (Å²) < 4.78 is 5.58. The first kappa shape index (κ1) is 17.1. The third-order valence-electron chi connectivity index (χ3n) is 3.66. The number of urea groups is 1. The van der Waals surface area contributed by atoms with Crippen molar-refractivity contribution in [3.05, 3.63) is 18.3 Å². The molecule has 2 unspecified atom stereocenters.